The molecular weight excluding hydrogens is 188 g/mol. The third-order valence-electron chi connectivity index (χ3n) is 0.713. The van der Waals surface area contributed by atoms with Crippen LogP contribution in [0, 0.1) is 11.5 Å². The highest BCUT2D eigenvalue weighted by Gasteiger charge is 2.15. The van der Waals surface area contributed by atoms with Crippen molar-refractivity contribution in [2.45, 2.75) is 0 Å². The van der Waals surface area contributed by atoms with Crippen molar-refractivity contribution < 1.29 is 16.8 Å². The number of nitrogens with one attached hydrogen (secondary N) is 1. The van der Waals surface area contributed by atoms with Gasteiger partial charge in [-0.25, -0.2) is 5.10 Å². The molecule has 0 saturated carbocycles. The molecule has 1 rings (SSSR count). The summed E-state index contributed by atoms with van der Waals surface area (Å²) >= 11 is 0. The zero-order chi connectivity index (χ0) is 9.03. The Bertz CT molecular complexity index is 375. The fourth-order valence-electron chi connectivity index (χ4n) is 0.394. The van der Waals surface area contributed by atoms with Crippen LogP contribution in [0.15, 0.2) is 6.33 Å². The molecule has 0 saturated heterocycles. The van der Waals surface area contributed by atoms with Crippen molar-refractivity contribution in [1.29, 1.82) is 5.26 Å². The number of nitrogens with zero attached hydrogens (tertiary/aromatic N) is 3. The van der Waals surface area contributed by atoms with Gasteiger partial charge in [-0.2, -0.15) is 10.1 Å². The van der Waals surface area contributed by atoms with Gasteiger partial charge in [0.05, 0.1) is 0 Å². The SMILES string of the molecule is N#COS(=O)(=O)Oc1ncn[nH]1. The molecule has 0 aliphatic carbocycles. The molecular formula is C3H2N4O4S. The van der Waals surface area contributed by atoms with E-state index in [9.17, 15) is 8.42 Å². The fraction of sp³-hybridized carbons (Fsp3) is 0. The van der Waals surface area contributed by atoms with Crippen LogP contribution in [0.2, 0.25) is 0 Å². The van der Waals surface area contributed by atoms with Crippen molar-refractivity contribution in [3.8, 4) is 12.3 Å². The van der Waals surface area contributed by atoms with Crippen molar-refractivity contribution >= 4 is 10.4 Å². The van der Waals surface area contributed by atoms with Crippen LogP contribution in [0.25, 0.3) is 0 Å². The van der Waals surface area contributed by atoms with E-state index in [0.717, 1.165) is 12.6 Å². The van der Waals surface area contributed by atoms with Gasteiger partial charge in [-0.15, -0.1) is 13.7 Å². The number of H-pyrrole nitrogens is 1. The number of aromatic amines is 1. The molecule has 1 aromatic heterocycles. The number of hydrogen-bond donors (Lipinski definition) is 1. The molecule has 0 unspecified atom stereocenters. The molecule has 0 spiro atoms. The predicted octanol–water partition coefficient (Wildman–Crippen LogP) is -1.07. The van der Waals surface area contributed by atoms with E-state index in [1.165, 1.54) is 0 Å². The molecule has 8 nitrogen and oxygen atoms in total. The van der Waals surface area contributed by atoms with Gasteiger partial charge in [0, 0.05) is 0 Å². The average molecular weight is 190 g/mol. The standard InChI is InChI=1S/C3H2N4O4S/c4-1-10-12(8,9)11-3-5-2-6-7-3/h2H,(H,5,6,7). The molecule has 0 amide bonds. The highest BCUT2D eigenvalue weighted by Crippen LogP contribution is 2.02. The summed E-state index contributed by atoms with van der Waals surface area (Å²) in [6.07, 6.45) is 1.98. The summed E-state index contributed by atoms with van der Waals surface area (Å²) in [7, 11) is -4.35. The lowest BCUT2D eigenvalue weighted by atomic mass is 11.2. The first-order valence-electron chi connectivity index (χ1n) is 2.51. The van der Waals surface area contributed by atoms with E-state index in [-0.39, 0.29) is 6.01 Å². The Kier molecular flexibility index (Phi) is 2.11. The van der Waals surface area contributed by atoms with Gasteiger partial charge in [0.2, 0.25) is 0 Å². The Morgan fingerprint density at radius 2 is 2.42 bits per heavy atom. The number of nitriles is 1. The van der Waals surface area contributed by atoms with Gasteiger partial charge in [0.1, 0.15) is 6.33 Å². The minimum absolute atomic E-state index is 0.370. The molecule has 1 aromatic rings. The fourth-order valence-corrected chi connectivity index (χ4v) is 0.793. The van der Waals surface area contributed by atoms with Gasteiger partial charge in [-0.1, -0.05) is 0 Å². The summed E-state index contributed by atoms with van der Waals surface area (Å²) in [5.41, 5.74) is 0. The summed E-state index contributed by atoms with van der Waals surface area (Å²) < 4.78 is 28.7. The lowest BCUT2D eigenvalue weighted by molar-refractivity contribution is 0.362. The van der Waals surface area contributed by atoms with Crippen LogP contribution in [-0.4, -0.2) is 23.6 Å². The maximum Gasteiger partial charge on any atom is 0.514 e. The lowest BCUT2D eigenvalue weighted by Gasteiger charge is -1.95. The Balaban J connectivity index is 2.71. The molecule has 0 aromatic carbocycles. The lowest BCUT2D eigenvalue weighted by Crippen LogP contribution is -2.11. The van der Waals surface area contributed by atoms with Crippen molar-refractivity contribution in [3.63, 3.8) is 0 Å². The van der Waals surface area contributed by atoms with Crippen LogP contribution < -0.4 is 4.18 Å². The van der Waals surface area contributed by atoms with Crippen molar-refractivity contribution in [2.24, 2.45) is 0 Å². The highest BCUT2D eigenvalue weighted by molar-refractivity contribution is 7.82. The molecule has 1 N–H and O–H groups in total. The number of hydrogen-bond acceptors (Lipinski definition) is 7. The largest absolute Gasteiger partial charge is 0.514 e. The molecule has 64 valence electrons. The van der Waals surface area contributed by atoms with E-state index in [2.05, 4.69) is 23.5 Å². The second-order valence-electron chi connectivity index (χ2n) is 1.46. The smallest absolute Gasteiger partial charge is 0.313 e. The zero-order valence-corrected chi connectivity index (χ0v) is 6.28. The monoisotopic (exact) mass is 190 g/mol. The van der Waals surface area contributed by atoms with Gasteiger partial charge >= 0.3 is 22.7 Å². The molecule has 1 heterocycles. The topological polar surface area (TPSA) is 118 Å². The van der Waals surface area contributed by atoms with Gasteiger partial charge in [-0.3, -0.25) is 4.18 Å². The van der Waals surface area contributed by atoms with E-state index in [1.54, 1.807) is 0 Å². The Labute approximate surface area is 67.1 Å². The second kappa shape index (κ2) is 3.05. The first-order valence-corrected chi connectivity index (χ1v) is 3.85. The average Bonchev–Trinajstić information content (AvgIpc) is 2.38. The molecule has 0 radical (unpaired) electrons. The number of rotatable bonds is 3. The molecule has 0 aliphatic heterocycles. The van der Waals surface area contributed by atoms with Gasteiger partial charge in [0.25, 0.3) is 0 Å². The summed E-state index contributed by atoms with van der Waals surface area (Å²) in [6, 6.07) is -0.370. The van der Waals surface area contributed by atoms with Gasteiger partial charge < -0.3 is 4.18 Å². The second-order valence-corrected chi connectivity index (χ2v) is 2.61. The maximum absolute atomic E-state index is 10.5. The van der Waals surface area contributed by atoms with E-state index < -0.39 is 10.4 Å². The quantitative estimate of drug-likeness (QED) is 0.602. The van der Waals surface area contributed by atoms with Crippen LogP contribution in [-0.2, 0) is 14.6 Å². The van der Waals surface area contributed by atoms with Crippen molar-refractivity contribution in [2.75, 3.05) is 0 Å². The van der Waals surface area contributed by atoms with E-state index in [4.69, 9.17) is 5.26 Å². The number of aromatic nitrogens is 3. The molecule has 0 fully saturated rings. The Morgan fingerprint density at radius 3 is 2.92 bits per heavy atom. The molecule has 0 atom stereocenters. The normalized spacial score (nSPS) is 10.2. The van der Waals surface area contributed by atoms with Gasteiger partial charge in [0.15, 0.2) is 0 Å². The summed E-state index contributed by atoms with van der Waals surface area (Å²) in [5, 5.41) is 13.3. The van der Waals surface area contributed by atoms with Crippen LogP contribution in [0.4, 0.5) is 0 Å². The van der Waals surface area contributed by atoms with Crippen LogP contribution in [0.1, 0.15) is 0 Å². The van der Waals surface area contributed by atoms with Crippen molar-refractivity contribution in [1.82, 2.24) is 15.2 Å². The van der Waals surface area contributed by atoms with E-state index >= 15 is 0 Å². The minimum atomic E-state index is -4.35. The first-order chi connectivity index (χ1) is 5.64. The van der Waals surface area contributed by atoms with Crippen LogP contribution in [0.5, 0.6) is 6.01 Å². The molecule has 0 aliphatic rings. The van der Waals surface area contributed by atoms with E-state index in [1.807, 2.05) is 0 Å². The summed E-state index contributed by atoms with van der Waals surface area (Å²) in [6.45, 7) is 0. The summed E-state index contributed by atoms with van der Waals surface area (Å²) in [5.74, 6) is 0. The Hall–Kier alpha value is -1.82. The predicted molar refractivity (Wildman–Crippen MR) is 32.6 cm³/mol. The zero-order valence-electron chi connectivity index (χ0n) is 5.46. The highest BCUT2D eigenvalue weighted by atomic mass is 32.3. The first kappa shape index (κ1) is 8.28. The van der Waals surface area contributed by atoms with Crippen LogP contribution in [0.3, 0.4) is 0 Å². The molecule has 12 heavy (non-hydrogen) atoms. The van der Waals surface area contributed by atoms with Gasteiger partial charge in [-0.05, 0) is 0 Å². The minimum Gasteiger partial charge on any atom is -0.313 e. The van der Waals surface area contributed by atoms with Crippen LogP contribution >= 0.6 is 0 Å². The van der Waals surface area contributed by atoms with E-state index in [0.29, 0.717) is 0 Å². The molecule has 0 bridgehead atoms. The summed E-state index contributed by atoms with van der Waals surface area (Å²) in [4.78, 5) is 3.33. The third kappa shape index (κ3) is 2.10. The molecule has 9 heteroatoms. The third-order valence-corrected chi connectivity index (χ3v) is 1.35. The maximum atomic E-state index is 10.5. The Morgan fingerprint density at radius 1 is 1.67 bits per heavy atom. The van der Waals surface area contributed by atoms with Crippen molar-refractivity contribution in [3.05, 3.63) is 6.33 Å².